The monoisotopic (exact) mass is 478 g/mol. The number of nitrogens with zero attached hydrogens (tertiary/aromatic N) is 6. The van der Waals surface area contributed by atoms with Gasteiger partial charge in [-0.3, -0.25) is 4.79 Å². The van der Waals surface area contributed by atoms with Gasteiger partial charge in [0, 0.05) is 44.2 Å². The number of piperidine rings is 1. The topological polar surface area (TPSA) is 100 Å². The summed E-state index contributed by atoms with van der Waals surface area (Å²) in [6.07, 6.45) is 3.54. The van der Waals surface area contributed by atoms with Crippen molar-refractivity contribution in [3.8, 4) is 0 Å². The minimum atomic E-state index is -2.65. The summed E-state index contributed by atoms with van der Waals surface area (Å²) in [5.41, 5.74) is 0.139. The van der Waals surface area contributed by atoms with E-state index in [1.807, 2.05) is 0 Å². The average molecular weight is 479 g/mol. The molecule has 4 heterocycles. The molecule has 10 nitrogen and oxygen atoms in total. The number of ether oxygens (including phenoxy) is 1. The quantitative estimate of drug-likeness (QED) is 0.531. The van der Waals surface area contributed by atoms with Crippen LogP contribution < -0.4 is 10.6 Å². The van der Waals surface area contributed by atoms with E-state index >= 15 is 0 Å². The van der Waals surface area contributed by atoms with Gasteiger partial charge in [0.15, 0.2) is 5.82 Å². The molecule has 4 rings (SSSR count). The van der Waals surface area contributed by atoms with Gasteiger partial charge in [-0.15, -0.1) is 5.10 Å². The maximum Gasteiger partial charge on any atom is 0.267 e. The zero-order valence-corrected chi connectivity index (χ0v) is 19.4. The third kappa shape index (κ3) is 6.38. The maximum atomic E-state index is 13.5. The summed E-state index contributed by atoms with van der Waals surface area (Å²) in [7, 11) is 2.10. The van der Waals surface area contributed by atoms with Crippen LogP contribution in [0.2, 0.25) is 0 Å². The van der Waals surface area contributed by atoms with E-state index in [-0.39, 0.29) is 24.1 Å². The second-order valence-electron chi connectivity index (χ2n) is 8.73. The van der Waals surface area contributed by atoms with Gasteiger partial charge in [-0.25, -0.2) is 13.8 Å². The van der Waals surface area contributed by atoms with Crippen molar-refractivity contribution >= 4 is 23.2 Å². The Morgan fingerprint density at radius 1 is 1.21 bits per heavy atom. The number of carbonyl (C=O) groups excluding carboxylic acids is 1. The van der Waals surface area contributed by atoms with E-state index in [2.05, 4.69) is 37.8 Å². The van der Waals surface area contributed by atoms with Crippen molar-refractivity contribution in [1.29, 1.82) is 0 Å². The number of hydrogen-bond acceptors (Lipinski definition) is 8. The number of anilines is 3. The molecule has 0 bridgehead atoms. The van der Waals surface area contributed by atoms with Crippen molar-refractivity contribution in [2.75, 3.05) is 63.6 Å². The van der Waals surface area contributed by atoms with Gasteiger partial charge < -0.3 is 25.2 Å². The Morgan fingerprint density at radius 3 is 2.82 bits per heavy atom. The molecule has 2 saturated heterocycles. The number of alkyl halides is 2. The number of aromatic nitrogens is 4. The van der Waals surface area contributed by atoms with Gasteiger partial charge in [-0.2, -0.15) is 9.90 Å². The third-order valence-corrected chi connectivity index (χ3v) is 6.16. The molecule has 2 aromatic rings. The van der Waals surface area contributed by atoms with Crippen LogP contribution in [0.5, 0.6) is 0 Å². The first-order chi connectivity index (χ1) is 16.5. The molecule has 2 fully saturated rings. The maximum absolute atomic E-state index is 13.5. The molecule has 0 spiro atoms. The molecule has 12 heteroatoms. The third-order valence-electron chi connectivity index (χ3n) is 6.16. The summed E-state index contributed by atoms with van der Waals surface area (Å²) in [6.45, 7) is 4.33. The molecular formula is C22H32F2N8O2. The van der Waals surface area contributed by atoms with Gasteiger partial charge >= 0.3 is 0 Å². The minimum absolute atomic E-state index is 0.0329. The number of likely N-dealkylation sites (tertiary alicyclic amines) is 1. The highest BCUT2D eigenvalue weighted by Gasteiger charge is 2.21. The Balaban J connectivity index is 1.34. The normalized spacial score (nSPS) is 18.4. The van der Waals surface area contributed by atoms with E-state index in [0.717, 1.165) is 32.4 Å². The zero-order chi connectivity index (χ0) is 23.9. The molecular weight excluding hydrogens is 446 g/mol. The van der Waals surface area contributed by atoms with Crippen LogP contribution in [0.15, 0.2) is 18.5 Å². The van der Waals surface area contributed by atoms with Gasteiger partial charge in [-0.05, 0) is 45.8 Å². The SMILES string of the molecule is CN1CCC(n2ncc(Nc3cc(NCCCN4CCCOCC4=O)c(C(F)F)cn3)n2)CC1. The van der Waals surface area contributed by atoms with Crippen molar-refractivity contribution in [2.24, 2.45) is 0 Å². The van der Waals surface area contributed by atoms with Crippen LogP contribution in [0, 0.1) is 0 Å². The molecule has 0 aliphatic carbocycles. The largest absolute Gasteiger partial charge is 0.384 e. The Kier molecular flexibility index (Phi) is 8.22. The standard InChI is InChI=1S/C22H32F2N8O2/c1-30-9-4-16(5-10-30)32-27-14-20(29-32)28-19-12-18(17(13-26-19)22(23)24)25-6-2-7-31-8-3-11-34-15-21(31)33/h12-14,16,22H,2-11,15H2,1H3,(H2,25,26,28,29). The van der Waals surface area contributed by atoms with Crippen LogP contribution in [0.3, 0.4) is 0 Å². The van der Waals surface area contributed by atoms with Crippen LogP contribution >= 0.6 is 0 Å². The molecule has 0 atom stereocenters. The van der Waals surface area contributed by atoms with Crippen LogP contribution in [-0.2, 0) is 9.53 Å². The second-order valence-corrected chi connectivity index (χ2v) is 8.73. The van der Waals surface area contributed by atoms with Gasteiger partial charge in [0.25, 0.3) is 6.43 Å². The molecule has 1 amide bonds. The van der Waals surface area contributed by atoms with Gasteiger partial charge in [0.1, 0.15) is 12.4 Å². The molecule has 0 radical (unpaired) electrons. The molecule has 186 valence electrons. The van der Waals surface area contributed by atoms with E-state index in [9.17, 15) is 13.6 Å². The summed E-state index contributed by atoms with van der Waals surface area (Å²) in [5, 5.41) is 15.0. The molecule has 0 unspecified atom stereocenters. The Labute approximate surface area is 197 Å². The lowest BCUT2D eigenvalue weighted by Crippen LogP contribution is -2.34. The molecule has 2 aromatic heterocycles. The number of amides is 1. The lowest BCUT2D eigenvalue weighted by molar-refractivity contribution is -0.133. The number of pyridine rings is 1. The summed E-state index contributed by atoms with van der Waals surface area (Å²) >= 11 is 0. The lowest BCUT2D eigenvalue weighted by atomic mass is 10.1. The fourth-order valence-corrected chi connectivity index (χ4v) is 4.19. The molecule has 2 N–H and O–H groups in total. The van der Waals surface area contributed by atoms with Crippen molar-refractivity contribution in [1.82, 2.24) is 29.8 Å². The predicted octanol–water partition coefficient (Wildman–Crippen LogP) is 2.67. The van der Waals surface area contributed by atoms with Crippen LogP contribution in [0.4, 0.5) is 26.1 Å². The number of halogens is 2. The first kappa shape index (κ1) is 24.3. The predicted molar refractivity (Wildman–Crippen MR) is 123 cm³/mol. The van der Waals surface area contributed by atoms with Crippen LogP contribution in [-0.4, -0.2) is 88.7 Å². The average Bonchev–Trinajstić information content (AvgIpc) is 3.18. The van der Waals surface area contributed by atoms with Crippen LogP contribution in [0.1, 0.15) is 43.7 Å². The Hall–Kier alpha value is -2.86. The highest BCUT2D eigenvalue weighted by molar-refractivity contribution is 5.77. The molecule has 0 saturated carbocycles. The first-order valence-corrected chi connectivity index (χ1v) is 11.7. The number of nitrogens with one attached hydrogen (secondary N) is 2. The Bertz CT molecular complexity index is 949. The highest BCUT2D eigenvalue weighted by atomic mass is 19.3. The fraction of sp³-hybridized carbons (Fsp3) is 0.636. The van der Waals surface area contributed by atoms with Gasteiger partial charge in [-0.1, -0.05) is 0 Å². The van der Waals surface area contributed by atoms with Crippen molar-refractivity contribution in [2.45, 2.75) is 38.2 Å². The number of rotatable bonds is 9. The number of hydrogen-bond donors (Lipinski definition) is 2. The summed E-state index contributed by atoms with van der Waals surface area (Å²) < 4.78 is 32.3. The van der Waals surface area contributed by atoms with Crippen LogP contribution in [0.25, 0.3) is 0 Å². The smallest absolute Gasteiger partial charge is 0.267 e. The molecule has 2 aliphatic rings. The zero-order valence-electron chi connectivity index (χ0n) is 19.4. The highest BCUT2D eigenvalue weighted by Crippen LogP contribution is 2.29. The summed E-state index contributed by atoms with van der Waals surface area (Å²) in [4.78, 5) is 21.9. The Morgan fingerprint density at radius 2 is 2.03 bits per heavy atom. The second kappa shape index (κ2) is 11.5. The number of carbonyl (C=O) groups is 1. The lowest BCUT2D eigenvalue weighted by Gasteiger charge is -2.28. The molecule has 0 aromatic carbocycles. The van der Waals surface area contributed by atoms with E-state index in [4.69, 9.17) is 4.74 Å². The first-order valence-electron chi connectivity index (χ1n) is 11.7. The van der Waals surface area contributed by atoms with E-state index in [1.165, 1.54) is 6.20 Å². The fourth-order valence-electron chi connectivity index (χ4n) is 4.19. The molecule has 34 heavy (non-hydrogen) atoms. The minimum Gasteiger partial charge on any atom is -0.384 e. The van der Waals surface area contributed by atoms with Gasteiger partial charge in [0.2, 0.25) is 5.91 Å². The van der Waals surface area contributed by atoms with Gasteiger partial charge in [0.05, 0.1) is 17.8 Å². The van der Waals surface area contributed by atoms with Crippen molar-refractivity contribution < 1.29 is 18.3 Å². The van der Waals surface area contributed by atoms with E-state index in [0.29, 0.717) is 50.0 Å². The summed E-state index contributed by atoms with van der Waals surface area (Å²) in [6, 6.07) is 1.81. The van der Waals surface area contributed by atoms with Crippen molar-refractivity contribution in [3.05, 3.63) is 24.0 Å². The molecule has 2 aliphatic heterocycles. The summed E-state index contributed by atoms with van der Waals surface area (Å²) in [5.74, 6) is 0.890. The van der Waals surface area contributed by atoms with Crippen molar-refractivity contribution in [3.63, 3.8) is 0 Å². The van der Waals surface area contributed by atoms with E-state index in [1.54, 1.807) is 22.0 Å². The van der Waals surface area contributed by atoms with E-state index < -0.39 is 6.43 Å².